The van der Waals surface area contributed by atoms with Crippen LogP contribution in [0.15, 0.2) is 0 Å². The van der Waals surface area contributed by atoms with Gasteiger partial charge in [-0.2, -0.15) is 0 Å². The number of rotatable bonds is 1. The summed E-state index contributed by atoms with van der Waals surface area (Å²) in [6.07, 6.45) is 9.58. The topological polar surface area (TPSA) is 40.7 Å². The fourth-order valence-corrected chi connectivity index (χ4v) is 6.31. The van der Waals surface area contributed by atoms with Crippen molar-refractivity contribution in [2.24, 2.45) is 17.8 Å². The molecule has 0 aromatic carbocycles. The highest BCUT2D eigenvalue weighted by Crippen LogP contribution is 2.60. The first kappa shape index (κ1) is 12.8. The van der Waals surface area contributed by atoms with Crippen LogP contribution in [0.1, 0.15) is 55.6 Å². The molecule has 4 heteroatoms. The van der Waals surface area contributed by atoms with Crippen LogP contribution in [0.2, 0.25) is 0 Å². The van der Waals surface area contributed by atoms with Crippen molar-refractivity contribution in [1.82, 2.24) is 15.3 Å². The predicted molar refractivity (Wildman–Crippen MR) is 84.7 cm³/mol. The molecule has 1 aliphatic heterocycles. The van der Waals surface area contributed by atoms with Crippen LogP contribution < -0.4 is 5.32 Å². The van der Waals surface area contributed by atoms with Gasteiger partial charge in [-0.15, -0.1) is 0 Å². The Kier molecular flexibility index (Phi) is 2.67. The molecule has 1 aromatic rings. The third kappa shape index (κ3) is 1.88. The zero-order chi connectivity index (χ0) is 14.0. The van der Waals surface area contributed by atoms with Crippen LogP contribution in [0, 0.1) is 22.4 Å². The molecule has 3 nitrogen and oxygen atoms in total. The summed E-state index contributed by atoms with van der Waals surface area (Å²) in [5.74, 6) is 4.11. The Morgan fingerprint density at radius 1 is 1.05 bits per heavy atom. The van der Waals surface area contributed by atoms with Crippen molar-refractivity contribution < 1.29 is 0 Å². The van der Waals surface area contributed by atoms with E-state index in [4.69, 9.17) is 17.2 Å². The van der Waals surface area contributed by atoms with Crippen molar-refractivity contribution in [3.05, 3.63) is 21.7 Å². The molecular weight excluding hydrogens is 278 g/mol. The molecule has 4 fully saturated rings. The molecule has 1 aromatic heterocycles. The van der Waals surface area contributed by atoms with Crippen LogP contribution in [0.4, 0.5) is 0 Å². The molecule has 112 valence electrons. The molecule has 4 aliphatic carbocycles. The summed E-state index contributed by atoms with van der Waals surface area (Å²) in [5, 5.41) is 3.41. The van der Waals surface area contributed by atoms with Gasteiger partial charge in [0.2, 0.25) is 0 Å². The number of hydrogen-bond donors (Lipinski definition) is 2. The van der Waals surface area contributed by atoms with Crippen molar-refractivity contribution in [3.63, 3.8) is 0 Å². The van der Waals surface area contributed by atoms with E-state index in [9.17, 15) is 0 Å². The molecule has 21 heavy (non-hydrogen) atoms. The van der Waals surface area contributed by atoms with E-state index >= 15 is 0 Å². The van der Waals surface area contributed by atoms with Gasteiger partial charge in [-0.1, -0.05) is 12.2 Å². The van der Waals surface area contributed by atoms with Crippen LogP contribution in [0.25, 0.3) is 0 Å². The Bertz CT molecular complexity index is 613. The van der Waals surface area contributed by atoms with Crippen molar-refractivity contribution in [2.75, 3.05) is 6.54 Å². The van der Waals surface area contributed by atoms with E-state index < -0.39 is 0 Å². The molecule has 0 saturated heterocycles. The average molecular weight is 301 g/mol. The first-order chi connectivity index (χ1) is 10.2. The van der Waals surface area contributed by atoms with Gasteiger partial charge < -0.3 is 10.3 Å². The normalized spacial score (nSPS) is 40.3. The Morgan fingerprint density at radius 3 is 2.38 bits per heavy atom. The van der Waals surface area contributed by atoms with E-state index in [-0.39, 0.29) is 0 Å². The molecule has 0 spiro atoms. The number of fused-ring (bicyclic) bond motifs is 1. The summed E-state index contributed by atoms with van der Waals surface area (Å²) in [6, 6.07) is 0. The van der Waals surface area contributed by atoms with E-state index in [1.165, 1.54) is 55.6 Å². The molecule has 0 unspecified atom stereocenters. The lowest BCUT2D eigenvalue weighted by Gasteiger charge is -2.56. The summed E-state index contributed by atoms with van der Waals surface area (Å²) in [5.41, 5.74) is 2.94. The second kappa shape index (κ2) is 4.39. The van der Waals surface area contributed by atoms with Gasteiger partial charge in [0.05, 0.1) is 0 Å². The Morgan fingerprint density at radius 2 is 1.71 bits per heavy atom. The van der Waals surface area contributed by atoms with Gasteiger partial charge in [-0.25, -0.2) is 4.98 Å². The summed E-state index contributed by atoms with van der Waals surface area (Å²) >= 11 is 5.61. The molecule has 0 amide bonds. The summed E-state index contributed by atoms with van der Waals surface area (Å²) in [4.78, 5) is 8.64. The van der Waals surface area contributed by atoms with Crippen molar-refractivity contribution in [3.8, 4) is 0 Å². The summed E-state index contributed by atoms with van der Waals surface area (Å²) < 4.78 is 0.849. The van der Waals surface area contributed by atoms with Crippen LogP contribution >= 0.6 is 12.2 Å². The standard InChI is InChI=1S/C17H23N3S/c21-15-13-9-18-2-1-14(13)19-16(20-15)17-6-10-3-11(7-17)5-12(4-10)8-17/h10-12,18H,1-9H2,(H,19,20,21). The third-order valence-corrected chi connectivity index (χ3v) is 6.84. The van der Waals surface area contributed by atoms with E-state index in [0.29, 0.717) is 5.41 Å². The van der Waals surface area contributed by atoms with Gasteiger partial charge in [0, 0.05) is 36.2 Å². The fourth-order valence-electron chi connectivity index (χ4n) is 6.02. The Balaban J connectivity index is 1.61. The maximum atomic E-state index is 5.61. The molecule has 2 heterocycles. The van der Waals surface area contributed by atoms with Crippen molar-refractivity contribution in [2.45, 2.75) is 56.9 Å². The molecular formula is C17H23N3S. The lowest BCUT2D eigenvalue weighted by Crippen LogP contribution is -2.49. The molecule has 5 aliphatic rings. The largest absolute Gasteiger partial charge is 0.346 e. The maximum Gasteiger partial charge on any atom is 0.134 e. The quantitative estimate of drug-likeness (QED) is 0.782. The molecule has 0 radical (unpaired) electrons. The Labute approximate surface area is 131 Å². The zero-order valence-electron chi connectivity index (χ0n) is 12.5. The Hall–Kier alpha value is -0.740. The first-order valence-electron chi connectivity index (χ1n) is 8.55. The highest BCUT2D eigenvalue weighted by molar-refractivity contribution is 7.71. The van der Waals surface area contributed by atoms with Crippen LogP contribution in [-0.2, 0) is 18.4 Å². The van der Waals surface area contributed by atoms with E-state index in [2.05, 4.69) is 10.3 Å². The number of hydrogen-bond acceptors (Lipinski definition) is 3. The summed E-state index contributed by atoms with van der Waals surface area (Å²) in [7, 11) is 0. The number of nitrogens with one attached hydrogen (secondary N) is 2. The van der Waals surface area contributed by atoms with Gasteiger partial charge in [0.25, 0.3) is 0 Å². The fraction of sp³-hybridized carbons (Fsp3) is 0.765. The summed E-state index contributed by atoms with van der Waals surface area (Å²) in [6.45, 7) is 1.95. The van der Waals surface area contributed by atoms with Crippen LogP contribution in [0.5, 0.6) is 0 Å². The lowest BCUT2D eigenvalue weighted by atomic mass is 9.49. The number of aromatic amines is 1. The third-order valence-electron chi connectivity index (χ3n) is 6.50. The van der Waals surface area contributed by atoms with Crippen molar-refractivity contribution >= 4 is 12.2 Å². The second-order valence-corrected chi connectivity index (χ2v) is 8.36. The van der Waals surface area contributed by atoms with Crippen molar-refractivity contribution in [1.29, 1.82) is 0 Å². The minimum atomic E-state index is 0.336. The molecule has 4 saturated carbocycles. The zero-order valence-corrected chi connectivity index (χ0v) is 13.3. The van der Waals surface area contributed by atoms with Gasteiger partial charge in [-0.05, 0) is 56.3 Å². The van der Waals surface area contributed by atoms with Gasteiger partial charge in [0.15, 0.2) is 0 Å². The number of aromatic nitrogens is 2. The lowest BCUT2D eigenvalue weighted by molar-refractivity contribution is -0.00958. The first-order valence-corrected chi connectivity index (χ1v) is 8.96. The molecule has 2 N–H and O–H groups in total. The van der Waals surface area contributed by atoms with E-state index in [1.54, 1.807) is 0 Å². The van der Waals surface area contributed by atoms with Gasteiger partial charge in [0.1, 0.15) is 10.5 Å². The molecule has 6 rings (SSSR count). The maximum absolute atomic E-state index is 5.61. The minimum Gasteiger partial charge on any atom is -0.346 e. The van der Waals surface area contributed by atoms with Gasteiger partial charge >= 0.3 is 0 Å². The minimum absolute atomic E-state index is 0.336. The van der Waals surface area contributed by atoms with E-state index in [1.807, 2.05) is 0 Å². The number of H-pyrrole nitrogens is 1. The monoisotopic (exact) mass is 301 g/mol. The predicted octanol–water partition coefficient (Wildman–Crippen LogP) is 3.25. The highest BCUT2D eigenvalue weighted by Gasteiger charge is 2.53. The van der Waals surface area contributed by atoms with Crippen LogP contribution in [0.3, 0.4) is 0 Å². The van der Waals surface area contributed by atoms with Gasteiger partial charge in [-0.3, -0.25) is 0 Å². The number of nitrogens with zero attached hydrogens (tertiary/aromatic N) is 1. The smallest absolute Gasteiger partial charge is 0.134 e. The van der Waals surface area contributed by atoms with Crippen LogP contribution in [-0.4, -0.2) is 16.5 Å². The molecule has 0 atom stereocenters. The second-order valence-electron chi connectivity index (χ2n) is 7.97. The SMILES string of the molecule is S=c1nc(C23CC4CC(CC(C4)C2)C3)[nH]c2c1CNCC2. The van der Waals surface area contributed by atoms with E-state index in [0.717, 1.165) is 41.9 Å². The highest BCUT2D eigenvalue weighted by atomic mass is 32.1. The average Bonchev–Trinajstić information content (AvgIpc) is 2.46. The molecule has 4 bridgehead atoms.